The van der Waals surface area contributed by atoms with Crippen LogP contribution in [-0.2, 0) is 0 Å². The molecule has 15 heavy (non-hydrogen) atoms. The number of hydrogen-bond donors (Lipinski definition) is 0. The van der Waals surface area contributed by atoms with E-state index in [0.717, 1.165) is 21.0 Å². The van der Waals surface area contributed by atoms with E-state index in [4.69, 9.17) is 16.0 Å². The molecule has 2 nitrogen and oxygen atoms in total. The summed E-state index contributed by atoms with van der Waals surface area (Å²) in [5.74, 6) is 0.723. The molecule has 0 saturated carbocycles. The number of para-hydroxylation sites is 1. The van der Waals surface area contributed by atoms with Gasteiger partial charge >= 0.3 is 0 Å². The highest BCUT2D eigenvalue weighted by Crippen LogP contribution is 2.31. The standard InChI is InChI=1S/C11H6ClNOS/c12-10-6-5-8(14-10)11-13-7-3-1-2-4-9(7)15-11/h1-6H. The molecule has 0 N–H and O–H groups in total. The third-order valence-electron chi connectivity index (χ3n) is 2.08. The quantitative estimate of drug-likeness (QED) is 0.632. The van der Waals surface area contributed by atoms with E-state index in [1.54, 1.807) is 17.4 Å². The lowest BCUT2D eigenvalue weighted by Gasteiger charge is -1.85. The van der Waals surface area contributed by atoms with Crippen LogP contribution in [0, 0.1) is 0 Å². The molecule has 0 bridgehead atoms. The Kier molecular flexibility index (Phi) is 2.01. The van der Waals surface area contributed by atoms with Crippen molar-refractivity contribution in [3.05, 3.63) is 41.6 Å². The van der Waals surface area contributed by atoms with Gasteiger partial charge in [0, 0.05) is 0 Å². The van der Waals surface area contributed by atoms with Crippen LogP contribution in [0.2, 0.25) is 5.22 Å². The molecule has 2 aromatic heterocycles. The van der Waals surface area contributed by atoms with Gasteiger partial charge in [0.25, 0.3) is 0 Å². The molecular weight excluding hydrogens is 230 g/mol. The van der Waals surface area contributed by atoms with Crippen molar-refractivity contribution >= 4 is 33.2 Å². The van der Waals surface area contributed by atoms with Crippen LogP contribution in [0.15, 0.2) is 40.8 Å². The summed E-state index contributed by atoms with van der Waals surface area (Å²) in [6, 6.07) is 11.6. The zero-order chi connectivity index (χ0) is 10.3. The Morgan fingerprint density at radius 1 is 1.13 bits per heavy atom. The van der Waals surface area contributed by atoms with E-state index >= 15 is 0 Å². The molecule has 3 aromatic rings. The molecule has 0 aliphatic rings. The van der Waals surface area contributed by atoms with Gasteiger partial charge in [-0.25, -0.2) is 4.98 Å². The first-order chi connectivity index (χ1) is 7.33. The molecule has 74 valence electrons. The van der Waals surface area contributed by atoms with E-state index in [2.05, 4.69) is 4.98 Å². The van der Waals surface area contributed by atoms with Crippen LogP contribution in [0.3, 0.4) is 0 Å². The molecule has 0 atom stereocenters. The zero-order valence-electron chi connectivity index (χ0n) is 7.61. The smallest absolute Gasteiger partial charge is 0.194 e. The monoisotopic (exact) mass is 235 g/mol. The highest BCUT2D eigenvalue weighted by Gasteiger charge is 2.08. The summed E-state index contributed by atoms with van der Waals surface area (Å²) in [4.78, 5) is 4.46. The van der Waals surface area contributed by atoms with E-state index < -0.39 is 0 Å². The van der Waals surface area contributed by atoms with Gasteiger partial charge in [0.15, 0.2) is 16.0 Å². The minimum absolute atomic E-state index is 0.393. The van der Waals surface area contributed by atoms with Crippen LogP contribution in [0.1, 0.15) is 0 Å². The number of hydrogen-bond acceptors (Lipinski definition) is 3. The number of fused-ring (bicyclic) bond motifs is 1. The van der Waals surface area contributed by atoms with E-state index in [1.807, 2.05) is 30.3 Å². The Hall–Kier alpha value is -1.32. The summed E-state index contributed by atoms with van der Waals surface area (Å²) in [5, 5.41) is 1.26. The molecule has 3 rings (SSSR count). The minimum Gasteiger partial charge on any atom is -0.442 e. The van der Waals surface area contributed by atoms with Gasteiger partial charge in [-0.15, -0.1) is 11.3 Å². The summed E-state index contributed by atoms with van der Waals surface area (Å²) in [6.07, 6.45) is 0. The van der Waals surface area contributed by atoms with Crippen molar-refractivity contribution in [2.75, 3.05) is 0 Å². The first-order valence-corrected chi connectivity index (χ1v) is 5.64. The highest BCUT2D eigenvalue weighted by molar-refractivity contribution is 7.21. The third-order valence-corrected chi connectivity index (χ3v) is 3.33. The van der Waals surface area contributed by atoms with Crippen LogP contribution >= 0.6 is 22.9 Å². The second-order valence-electron chi connectivity index (χ2n) is 3.09. The van der Waals surface area contributed by atoms with Crippen molar-refractivity contribution in [2.24, 2.45) is 0 Å². The lowest BCUT2D eigenvalue weighted by molar-refractivity contribution is 0.584. The maximum Gasteiger partial charge on any atom is 0.194 e. The van der Waals surface area contributed by atoms with Crippen molar-refractivity contribution in [1.82, 2.24) is 4.98 Å². The molecule has 0 aliphatic carbocycles. The Morgan fingerprint density at radius 2 is 2.00 bits per heavy atom. The Morgan fingerprint density at radius 3 is 2.73 bits per heavy atom. The number of thiazole rings is 1. The van der Waals surface area contributed by atoms with Crippen LogP contribution in [0.4, 0.5) is 0 Å². The van der Waals surface area contributed by atoms with E-state index in [9.17, 15) is 0 Å². The van der Waals surface area contributed by atoms with Gasteiger partial charge in [-0.1, -0.05) is 12.1 Å². The third kappa shape index (κ3) is 1.54. The number of nitrogens with zero attached hydrogens (tertiary/aromatic N) is 1. The highest BCUT2D eigenvalue weighted by atomic mass is 35.5. The predicted octanol–water partition coefficient (Wildman–Crippen LogP) is 4.21. The fourth-order valence-electron chi connectivity index (χ4n) is 1.41. The first kappa shape index (κ1) is 8.95. The van der Waals surface area contributed by atoms with Gasteiger partial charge in [-0.2, -0.15) is 0 Å². The van der Waals surface area contributed by atoms with Crippen LogP contribution in [0.5, 0.6) is 0 Å². The van der Waals surface area contributed by atoms with Gasteiger partial charge in [-0.05, 0) is 35.9 Å². The summed E-state index contributed by atoms with van der Waals surface area (Å²) >= 11 is 7.32. The molecule has 0 unspecified atom stereocenters. The normalized spacial score (nSPS) is 11.0. The predicted molar refractivity (Wildman–Crippen MR) is 62.3 cm³/mol. The first-order valence-electron chi connectivity index (χ1n) is 4.44. The maximum absolute atomic E-state index is 5.72. The molecule has 2 heterocycles. The Labute approximate surface area is 95.1 Å². The van der Waals surface area contributed by atoms with Crippen LogP contribution < -0.4 is 0 Å². The number of furan rings is 1. The SMILES string of the molecule is Clc1ccc(-c2nc3ccccc3s2)o1. The number of aromatic nitrogens is 1. The summed E-state index contributed by atoms with van der Waals surface area (Å²) in [7, 11) is 0. The number of rotatable bonds is 1. The largest absolute Gasteiger partial charge is 0.442 e. The van der Waals surface area contributed by atoms with Gasteiger partial charge in [0.1, 0.15) is 0 Å². The summed E-state index contributed by atoms with van der Waals surface area (Å²) in [6.45, 7) is 0. The van der Waals surface area contributed by atoms with Crippen molar-refractivity contribution in [2.45, 2.75) is 0 Å². The van der Waals surface area contributed by atoms with Gasteiger partial charge in [-0.3, -0.25) is 0 Å². The molecule has 0 aliphatic heterocycles. The average molecular weight is 236 g/mol. The molecule has 0 saturated heterocycles. The molecule has 0 fully saturated rings. The molecule has 4 heteroatoms. The van der Waals surface area contributed by atoms with Crippen LogP contribution in [0.25, 0.3) is 21.0 Å². The van der Waals surface area contributed by atoms with Crippen molar-refractivity contribution in [3.63, 3.8) is 0 Å². The molecule has 0 spiro atoms. The fourth-order valence-corrected chi connectivity index (χ4v) is 2.48. The topological polar surface area (TPSA) is 26.0 Å². The van der Waals surface area contributed by atoms with E-state index in [0.29, 0.717) is 5.22 Å². The molecule has 0 radical (unpaired) electrons. The molecular formula is C11H6ClNOS. The van der Waals surface area contributed by atoms with Crippen molar-refractivity contribution in [3.8, 4) is 10.8 Å². The van der Waals surface area contributed by atoms with E-state index in [1.165, 1.54) is 0 Å². The van der Waals surface area contributed by atoms with Gasteiger partial charge in [0.2, 0.25) is 0 Å². The Balaban J connectivity index is 2.19. The molecule has 1 aromatic carbocycles. The molecule has 0 amide bonds. The van der Waals surface area contributed by atoms with Gasteiger partial charge < -0.3 is 4.42 Å². The lowest BCUT2D eigenvalue weighted by Crippen LogP contribution is -1.69. The second-order valence-corrected chi connectivity index (χ2v) is 4.49. The average Bonchev–Trinajstić information content (AvgIpc) is 2.82. The van der Waals surface area contributed by atoms with Crippen LogP contribution in [-0.4, -0.2) is 4.98 Å². The zero-order valence-corrected chi connectivity index (χ0v) is 9.18. The maximum atomic E-state index is 5.72. The Bertz CT molecular complexity index is 581. The summed E-state index contributed by atoms with van der Waals surface area (Å²) < 4.78 is 6.47. The van der Waals surface area contributed by atoms with E-state index in [-0.39, 0.29) is 0 Å². The van der Waals surface area contributed by atoms with Crippen molar-refractivity contribution in [1.29, 1.82) is 0 Å². The number of benzene rings is 1. The second kappa shape index (κ2) is 3.36. The van der Waals surface area contributed by atoms with Gasteiger partial charge in [0.05, 0.1) is 10.2 Å². The number of halogens is 1. The lowest BCUT2D eigenvalue weighted by atomic mass is 10.3. The summed E-state index contributed by atoms with van der Waals surface area (Å²) in [5.41, 5.74) is 0.991. The fraction of sp³-hybridized carbons (Fsp3) is 0. The van der Waals surface area contributed by atoms with Crippen molar-refractivity contribution < 1.29 is 4.42 Å². The minimum atomic E-state index is 0.393.